The Bertz CT molecular complexity index is 243. The van der Waals surface area contributed by atoms with Gasteiger partial charge in [-0.05, 0) is 13.8 Å². The maximum Gasteiger partial charge on any atom is 0.271 e. The number of aromatic nitrogens is 1. The lowest BCUT2D eigenvalue weighted by Gasteiger charge is -1.88. The number of aryl methyl sites for hydroxylation is 2. The van der Waals surface area contributed by atoms with Crippen LogP contribution in [-0.4, -0.2) is 4.98 Å². The molecule has 0 unspecified atom stereocenters. The maximum atomic E-state index is 10.6. The van der Waals surface area contributed by atoms with E-state index in [1.165, 1.54) is 17.4 Å². The SMILES string of the molecule is Cc1cc(=O)nc(C)s1. The molecule has 48 valence electrons. The van der Waals surface area contributed by atoms with Crippen LogP contribution in [0.1, 0.15) is 9.88 Å². The Kier molecular flexibility index (Phi) is 1.62. The Labute approximate surface area is 57.2 Å². The van der Waals surface area contributed by atoms with Crippen LogP contribution in [0.25, 0.3) is 0 Å². The van der Waals surface area contributed by atoms with Crippen LogP contribution in [0.5, 0.6) is 0 Å². The van der Waals surface area contributed by atoms with Crippen LogP contribution in [0.3, 0.4) is 0 Å². The van der Waals surface area contributed by atoms with E-state index in [4.69, 9.17) is 0 Å². The Hall–Kier alpha value is -0.700. The Balaban J connectivity index is 3.33. The topological polar surface area (TPSA) is 30.0 Å². The molecular formula is C6H7NOS. The molecule has 0 amide bonds. The van der Waals surface area contributed by atoms with Crippen LogP contribution < -0.4 is 5.56 Å². The van der Waals surface area contributed by atoms with Gasteiger partial charge in [0.05, 0.1) is 5.01 Å². The Morgan fingerprint density at radius 2 is 2.22 bits per heavy atom. The van der Waals surface area contributed by atoms with Gasteiger partial charge >= 0.3 is 0 Å². The second-order valence-corrected chi connectivity index (χ2v) is 3.27. The summed E-state index contributed by atoms with van der Waals surface area (Å²) in [6.45, 7) is 3.74. The Morgan fingerprint density at radius 3 is 2.67 bits per heavy atom. The molecule has 1 rings (SSSR count). The van der Waals surface area contributed by atoms with Crippen molar-refractivity contribution in [3.63, 3.8) is 0 Å². The molecule has 0 N–H and O–H groups in total. The third-order valence-electron chi connectivity index (χ3n) is 0.903. The standard InChI is InChI=1S/C6H7NOS/c1-4-3-6(8)7-5(2)9-4/h3H,1-2H3. The number of nitrogens with zero attached hydrogens (tertiary/aromatic N) is 1. The molecule has 0 aliphatic heterocycles. The summed E-state index contributed by atoms with van der Waals surface area (Å²) in [5.74, 6) is 0. The van der Waals surface area contributed by atoms with Crippen LogP contribution in [0.4, 0.5) is 0 Å². The minimum atomic E-state index is -0.135. The van der Waals surface area contributed by atoms with Crippen molar-refractivity contribution >= 4 is 11.3 Å². The number of hydrogen-bond acceptors (Lipinski definition) is 3. The largest absolute Gasteiger partial charge is 0.271 e. The highest BCUT2D eigenvalue weighted by molar-refractivity contribution is 7.11. The van der Waals surface area contributed by atoms with Gasteiger partial charge in [0, 0.05) is 10.9 Å². The van der Waals surface area contributed by atoms with E-state index in [-0.39, 0.29) is 5.56 Å². The van der Waals surface area contributed by atoms with Gasteiger partial charge in [0.25, 0.3) is 5.56 Å². The summed E-state index contributed by atoms with van der Waals surface area (Å²) in [5.41, 5.74) is -0.135. The first kappa shape index (κ1) is 6.42. The fourth-order valence-corrected chi connectivity index (χ4v) is 1.41. The molecule has 2 nitrogen and oxygen atoms in total. The lowest BCUT2D eigenvalue weighted by molar-refractivity contribution is 1.19. The van der Waals surface area contributed by atoms with E-state index in [0.29, 0.717) is 0 Å². The monoisotopic (exact) mass is 141 g/mol. The van der Waals surface area contributed by atoms with Crippen molar-refractivity contribution < 1.29 is 0 Å². The van der Waals surface area contributed by atoms with Gasteiger partial charge in [0.1, 0.15) is 0 Å². The zero-order valence-corrected chi connectivity index (χ0v) is 6.16. The summed E-state index contributed by atoms with van der Waals surface area (Å²) in [4.78, 5) is 15.3. The average Bonchev–Trinajstić information content (AvgIpc) is 1.59. The smallest absolute Gasteiger partial charge is 0.267 e. The molecule has 0 bridgehead atoms. The quantitative estimate of drug-likeness (QED) is 0.542. The molecule has 0 aliphatic rings. The third-order valence-corrected chi connectivity index (χ3v) is 1.73. The van der Waals surface area contributed by atoms with Gasteiger partial charge in [-0.25, -0.2) is 4.98 Å². The summed E-state index contributed by atoms with van der Waals surface area (Å²) in [7, 11) is 0. The van der Waals surface area contributed by atoms with E-state index in [9.17, 15) is 4.79 Å². The molecule has 0 atom stereocenters. The lowest BCUT2D eigenvalue weighted by atomic mass is 10.5. The summed E-state index contributed by atoms with van der Waals surface area (Å²) in [5, 5.41) is 0.833. The fourth-order valence-electron chi connectivity index (χ4n) is 0.647. The molecule has 0 radical (unpaired) electrons. The lowest BCUT2D eigenvalue weighted by Crippen LogP contribution is -2.03. The minimum Gasteiger partial charge on any atom is -0.267 e. The molecule has 1 aromatic heterocycles. The maximum absolute atomic E-state index is 10.6. The van der Waals surface area contributed by atoms with Crippen LogP contribution in [-0.2, 0) is 0 Å². The van der Waals surface area contributed by atoms with E-state index in [1.54, 1.807) is 0 Å². The summed E-state index contributed by atoms with van der Waals surface area (Å²) >= 11 is 1.54. The minimum absolute atomic E-state index is 0.135. The highest BCUT2D eigenvalue weighted by Gasteiger charge is 1.90. The predicted molar refractivity (Wildman–Crippen MR) is 37.9 cm³/mol. The van der Waals surface area contributed by atoms with Gasteiger partial charge in [0.2, 0.25) is 0 Å². The number of hydrogen-bond donors (Lipinski definition) is 0. The van der Waals surface area contributed by atoms with Crippen molar-refractivity contribution in [3.05, 3.63) is 26.3 Å². The van der Waals surface area contributed by atoms with Crippen LogP contribution in [0.2, 0.25) is 0 Å². The molecule has 1 heterocycles. The van der Waals surface area contributed by atoms with Crippen molar-refractivity contribution in [3.8, 4) is 0 Å². The first-order valence-electron chi connectivity index (χ1n) is 2.64. The highest BCUT2D eigenvalue weighted by atomic mass is 32.1. The molecule has 3 heteroatoms. The fraction of sp³-hybridized carbons (Fsp3) is 0.333. The molecule has 0 aromatic carbocycles. The zero-order valence-electron chi connectivity index (χ0n) is 5.34. The van der Waals surface area contributed by atoms with Crippen molar-refractivity contribution in [1.82, 2.24) is 4.98 Å². The summed E-state index contributed by atoms with van der Waals surface area (Å²) in [6.07, 6.45) is 0. The van der Waals surface area contributed by atoms with Gasteiger partial charge in [-0.2, -0.15) is 0 Å². The van der Waals surface area contributed by atoms with E-state index >= 15 is 0 Å². The van der Waals surface area contributed by atoms with E-state index in [1.807, 2.05) is 13.8 Å². The molecule has 9 heavy (non-hydrogen) atoms. The zero-order chi connectivity index (χ0) is 6.85. The molecular weight excluding hydrogens is 134 g/mol. The van der Waals surface area contributed by atoms with Crippen molar-refractivity contribution in [1.29, 1.82) is 0 Å². The molecule has 0 spiro atoms. The van der Waals surface area contributed by atoms with Gasteiger partial charge in [-0.15, -0.1) is 11.3 Å². The first-order chi connectivity index (χ1) is 4.18. The van der Waals surface area contributed by atoms with Crippen LogP contribution >= 0.6 is 11.3 Å². The van der Waals surface area contributed by atoms with Gasteiger partial charge in [-0.3, -0.25) is 4.79 Å². The van der Waals surface area contributed by atoms with Crippen LogP contribution in [0.15, 0.2) is 10.9 Å². The summed E-state index contributed by atoms with van der Waals surface area (Å²) < 4.78 is 0. The molecule has 0 saturated carbocycles. The normalized spacial score (nSPS) is 9.56. The first-order valence-corrected chi connectivity index (χ1v) is 3.45. The third kappa shape index (κ3) is 1.61. The second kappa shape index (κ2) is 2.27. The van der Waals surface area contributed by atoms with E-state index < -0.39 is 0 Å². The highest BCUT2D eigenvalue weighted by Crippen LogP contribution is 2.03. The van der Waals surface area contributed by atoms with Gasteiger partial charge < -0.3 is 0 Å². The van der Waals surface area contributed by atoms with Crippen molar-refractivity contribution in [2.24, 2.45) is 0 Å². The van der Waals surface area contributed by atoms with Crippen molar-refractivity contribution in [2.75, 3.05) is 0 Å². The number of rotatable bonds is 0. The Morgan fingerprint density at radius 1 is 1.56 bits per heavy atom. The molecule has 0 aliphatic carbocycles. The average molecular weight is 141 g/mol. The summed E-state index contributed by atoms with van der Waals surface area (Å²) in [6, 6.07) is 1.54. The molecule has 0 saturated heterocycles. The van der Waals surface area contributed by atoms with Crippen LogP contribution in [0, 0.1) is 13.8 Å². The van der Waals surface area contributed by atoms with E-state index in [0.717, 1.165) is 9.88 Å². The second-order valence-electron chi connectivity index (χ2n) is 1.83. The molecule has 1 aromatic rings. The predicted octanol–water partition coefficient (Wildman–Crippen LogP) is 1.12. The molecule has 0 fully saturated rings. The van der Waals surface area contributed by atoms with Gasteiger partial charge in [-0.1, -0.05) is 0 Å². The van der Waals surface area contributed by atoms with Gasteiger partial charge in [0.15, 0.2) is 0 Å². The van der Waals surface area contributed by atoms with Crippen molar-refractivity contribution in [2.45, 2.75) is 13.8 Å². The van der Waals surface area contributed by atoms with E-state index in [2.05, 4.69) is 4.98 Å².